The number of ether oxygens (including phenoxy) is 1. The Labute approximate surface area is 122 Å². The van der Waals surface area contributed by atoms with Gasteiger partial charge >= 0.3 is 0 Å². The molecule has 0 bridgehead atoms. The monoisotopic (exact) mass is 275 g/mol. The molecule has 0 aromatic heterocycles. The van der Waals surface area contributed by atoms with E-state index in [0.717, 1.165) is 24.3 Å². The zero-order valence-electron chi connectivity index (χ0n) is 12.9. The minimum Gasteiger partial charge on any atom is -0.492 e. The van der Waals surface area contributed by atoms with Gasteiger partial charge in [0.25, 0.3) is 0 Å². The van der Waals surface area contributed by atoms with Gasteiger partial charge in [-0.3, -0.25) is 4.90 Å². The van der Waals surface area contributed by atoms with Crippen LogP contribution in [0.3, 0.4) is 0 Å². The summed E-state index contributed by atoms with van der Waals surface area (Å²) in [6, 6.07) is 7.62. The SMILES string of the molecule is CCC(C)(C)N(C)CCOc1ccc(C#CCO)cc1. The minimum absolute atomic E-state index is 0.113. The molecule has 1 aromatic carbocycles. The summed E-state index contributed by atoms with van der Waals surface area (Å²) < 4.78 is 5.74. The van der Waals surface area contributed by atoms with Crippen LogP contribution in [0.2, 0.25) is 0 Å². The number of benzene rings is 1. The molecule has 0 unspecified atom stereocenters. The molecule has 1 N–H and O–H groups in total. The Hall–Kier alpha value is -1.50. The van der Waals surface area contributed by atoms with Gasteiger partial charge in [0.15, 0.2) is 0 Å². The van der Waals surface area contributed by atoms with Gasteiger partial charge in [0, 0.05) is 17.6 Å². The van der Waals surface area contributed by atoms with Crippen molar-refractivity contribution < 1.29 is 9.84 Å². The number of hydrogen-bond acceptors (Lipinski definition) is 3. The Bertz CT molecular complexity index is 454. The molecule has 20 heavy (non-hydrogen) atoms. The molecular formula is C17H25NO2. The van der Waals surface area contributed by atoms with Crippen molar-refractivity contribution in [3.63, 3.8) is 0 Å². The number of aliphatic hydroxyl groups excluding tert-OH is 1. The first-order valence-corrected chi connectivity index (χ1v) is 7.03. The highest BCUT2D eigenvalue weighted by Gasteiger charge is 2.20. The molecule has 1 rings (SSSR count). The van der Waals surface area contributed by atoms with Crippen molar-refractivity contribution in [2.24, 2.45) is 0 Å². The van der Waals surface area contributed by atoms with E-state index in [1.807, 2.05) is 24.3 Å². The molecular weight excluding hydrogens is 250 g/mol. The van der Waals surface area contributed by atoms with E-state index in [2.05, 4.69) is 44.6 Å². The molecule has 0 radical (unpaired) electrons. The predicted octanol–water partition coefficient (Wildman–Crippen LogP) is 2.53. The van der Waals surface area contributed by atoms with Crippen molar-refractivity contribution >= 4 is 0 Å². The molecule has 0 fully saturated rings. The molecule has 0 aliphatic carbocycles. The summed E-state index contributed by atoms with van der Waals surface area (Å²) in [6.45, 7) is 8.12. The number of rotatable bonds is 6. The van der Waals surface area contributed by atoms with Crippen molar-refractivity contribution in [3.8, 4) is 17.6 Å². The van der Waals surface area contributed by atoms with Crippen molar-refractivity contribution in [2.75, 3.05) is 26.8 Å². The van der Waals surface area contributed by atoms with Crippen LogP contribution in [0.15, 0.2) is 24.3 Å². The van der Waals surface area contributed by atoms with Gasteiger partial charge in [-0.05, 0) is 51.6 Å². The van der Waals surface area contributed by atoms with Crippen molar-refractivity contribution in [1.82, 2.24) is 4.90 Å². The van der Waals surface area contributed by atoms with Gasteiger partial charge in [0.05, 0.1) is 0 Å². The lowest BCUT2D eigenvalue weighted by Crippen LogP contribution is -2.42. The Balaban J connectivity index is 2.43. The van der Waals surface area contributed by atoms with Crippen LogP contribution in [0.1, 0.15) is 32.8 Å². The van der Waals surface area contributed by atoms with Crippen LogP contribution < -0.4 is 4.74 Å². The van der Waals surface area contributed by atoms with Gasteiger partial charge < -0.3 is 9.84 Å². The normalized spacial score (nSPS) is 11.1. The number of nitrogens with zero attached hydrogens (tertiary/aromatic N) is 1. The molecule has 0 atom stereocenters. The van der Waals surface area contributed by atoms with Gasteiger partial charge in [0.1, 0.15) is 19.0 Å². The Morgan fingerprint density at radius 2 is 1.90 bits per heavy atom. The van der Waals surface area contributed by atoms with Gasteiger partial charge in [-0.15, -0.1) is 0 Å². The van der Waals surface area contributed by atoms with E-state index >= 15 is 0 Å². The second-order valence-electron chi connectivity index (χ2n) is 5.42. The van der Waals surface area contributed by atoms with Crippen LogP contribution in [0.25, 0.3) is 0 Å². The number of aliphatic hydroxyl groups is 1. The summed E-state index contributed by atoms with van der Waals surface area (Å²) in [4.78, 5) is 2.31. The molecule has 110 valence electrons. The van der Waals surface area contributed by atoms with Crippen molar-refractivity contribution in [3.05, 3.63) is 29.8 Å². The largest absolute Gasteiger partial charge is 0.492 e. The minimum atomic E-state index is -0.113. The quantitative estimate of drug-likeness (QED) is 0.810. The first-order valence-electron chi connectivity index (χ1n) is 7.03. The van der Waals surface area contributed by atoms with E-state index in [-0.39, 0.29) is 12.1 Å². The molecule has 0 heterocycles. The molecule has 3 heteroatoms. The van der Waals surface area contributed by atoms with Crippen molar-refractivity contribution in [2.45, 2.75) is 32.7 Å². The summed E-state index contributed by atoms with van der Waals surface area (Å²) in [5, 5.41) is 8.63. The maximum Gasteiger partial charge on any atom is 0.119 e. The van der Waals surface area contributed by atoms with Crippen LogP contribution in [-0.2, 0) is 0 Å². The van der Waals surface area contributed by atoms with E-state index < -0.39 is 0 Å². The summed E-state index contributed by atoms with van der Waals surface area (Å²) in [6.07, 6.45) is 1.11. The molecule has 0 saturated heterocycles. The zero-order valence-corrected chi connectivity index (χ0v) is 12.9. The molecule has 1 aromatic rings. The highest BCUT2D eigenvalue weighted by molar-refractivity contribution is 5.38. The summed E-state index contributed by atoms with van der Waals surface area (Å²) in [7, 11) is 2.13. The third-order valence-electron chi connectivity index (χ3n) is 3.76. The lowest BCUT2D eigenvalue weighted by Gasteiger charge is -2.34. The lowest BCUT2D eigenvalue weighted by atomic mass is 10.0. The highest BCUT2D eigenvalue weighted by Crippen LogP contribution is 2.16. The van der Waals surface area contributed by atoms with E-state index in [1.54, 1.807) is 0 Å². The molecule has 0 spiro atoms. The Morgan fingerprint density at radius 3 is 2.45 bits per heavy atom. The Kier molecular flexibility index (Phi) is 6.57. The predicted molar refractivity (Wildman–Crippen MR) is 82.9 cm³/mol. The van der Waals surface area contributed by atoms with Gasteiger partial charge in [-0.25, -0.2) is 0 Å². The average molecular weight is 275 g/mol. The fourth-order valence-electron chi connectivity index (χ4n) is 1.65. The summed E-state index contributed by atoms with van der Waals surface area (Å²) >= 11 is 0. The number of likely N-dealkylation sites (N-methyl/N-ethyl adjacent to an activating group) is 1. The van der Waals surface area contributed by atoms with E-state index in [9.17, 15) is 0 Å². The fourth-order valence-corrected chi connectivity index (χ4v) is 1.65. The summed E-state index contributed by atoms with van der Waals surface area (Å²) in [5.41, 5.74) is 1.09. The van der Waals surface area contributed by atoms with Crippen LogP contribution >= 0.6 is 0 Å². The molecule has 0 amide bonds. The second-order valence-corrected chi connectivity index (χ2v) is 5.42. The van der Waals surface area contributed by atoms with E-state index in [4.69, 9.17) is 9.84 Å². The van der Waals surface area contributed by atoms with E-state index in [1.165, 1.54) is 0 Å². The molecule has 3 nitrogen and oxygen atoms in total. The number of hydrogen-bond donors (Lipinski definition) is 1. The van der Waals surface area contributed by atoms with Crippen molar-refractivity contribution in [1.29, 1.82) is 0 Å². The average Bonchev–Trinajstić information content (AvgIpc) is 2.46. The summed E-state index contributed by atoms with van der Waals surface area (Å²) in [5.74, 6) is 6.33. The van der Waals surface area contributed by atoms with Crippen LogP contribution in [0.5, 0.6) is 5.75 Å². The fraction of sp³-hybridized carbons (Fsp3) is 0.529. The molecule has 0 saturated carbocycles. The molecule has 0 aliphatic rings. The highest BCUT2D eigenvalue weighted by atomic mass is 16.5. The zero-order chi connectivity index (χ0) is 15.0. The third kappa shape index (κ3) is 5.24. The lowest BCUT2D eigenvalue weighted by molar-refractivity contribution is 0.125. The van der Waals surface area contributed by atoms with E-state index in [0.29, 0.717) is 6.61 Å². The van der Waals surface area contributed by atoms with Gasteiger partial charge in [-0.2, -0.15) is 0 Å². The maximum absolute atomic E-state index is 8.63. The topological polar surface area (TPSA) is 32.7 Å². The van der Waals surface area contributed by atoms with Crippen LogP contribution in [-0.4, -0.2) is 42.4 Å². The first-order chi connectivity index (χ1) is 9.49. The van der Waals surface area contributed by atoms with Gasteiger partial charge in [-0.1, -0.05) is 18.8 Å². The molecule has 0 aliphatic heterocycles. The first kappa shape index (κ1) is 16.6. The van der Waals surface area contributed by atoms with Gasteiger partial charge in [0.2, 0.25) is 0 Å². The Morgan fingerprint density at radius 1 is 1.25 bits per heavy atom. The smallest absolute Gasteiger partial charge is 0.119 e. The van der Waals surface area contributed by atoms with Crippen LogP contribution in [0.4, 0.5) is 0 Å². The second kappa shape index (κ2) is 7.94. The standard InChI is InChI=1S/C17H25NO2/c1-5-17(2,3)18(4)12-14-20-16-10-8-15(9-11-16)7-6-13-19/h8-11,19H,5,12-14H2,1-4H3. The third-order valence-corrected chi connectivity index (χ3v) is 3.76. The van der Waals surface area contributed by atoms with Crippen LogP contribution in [0, 0.1) is 11.8 Å². The maximum atomic E-state index is 8.63.